The second kappa shape index (κ2) is 7.39. The Bertz CT molecular complexity index is 229. The lowest BCUT2D eigenvalue weighted by atomic mass is 9.98. The van der Waals surface area contributed by atoms with Gasteiger partial charge >= 0.3 is 0 Å². The number of rotatable bonds is 7. The Balaban J connectivity index is 4.45. The predicted octanol–water partition coefficient (Wildman–Crippen LogP) is 0.871. The summed E-state index contributed by atoms with van der Waals surface area (Å²) in [6.45, 7) is 7.84. The monoisotopic (exact) mass is 227 g/mol. The first-order chi connectivity index (χ1) is 7.47. The van der Waals surface area contributed by atoms with E-state index in [1.165, 1.54) is 0 Å². The molecule has 3 atom stereocenters. The van der Waals surface area contributed by atoms with Crippen LogP contribution in [0.25, 0.3) is 0 Å². The van der Waals surface area contributed by atoms with Crippen LogP contribution in [0.15, 0.2) is 0 Å². The zero-order chi connectivity index (χ0) is 12.7. The molecule has 1 radical (unpaired) electrons. The minimum Gasteiger partial charge on any atom is -0.344 e. The molecule has 4 heteroatoms. The largest absolute Gasteiger partial charge is 0.344 e. The zero-order valence-corrected chi connectivity index (χ0v) is 10.8. The number of carbonyl (C=O) groups is 1. The van der Waals surface area contributed by atoms with Crippen LogP contribution in [0.2, 0.25) is 0 Å². The van der Waals surface area contributed by atoms with Crippen LogP contribution < -0.4 is 10.6 Å². The molecule has 0 fully saturated rings. The molecule has 0 aromatic rings. The van der Waals surface area contributed by atoms with Crippen LogP contribution in [0.5, 0.6) is 0 Å². The van der Waals surface area contributed by atoms with Gasteiger partial charge in [0.2, 0.25) is 12.2 Å². The van der Waals surface area contributed by atoms with E-state index in [0.717, 1.165) is 6.42 Å². The van der Waals surface area contributed by atoms with Gasteiger partial charge in [-0.2, -0.15) is 0 Å². The molecule has 2 N–H and O–H groups in total. The molecule has 0 aliphatic rings. The van der Waals surface area contributed by atoms with Gasteiger partial charge in [0.15, 0.2) is 0 Å². The van der Waals surface area contributed by atoms with Crippen molar-refractivity contribution in [3.63, 3.8) is 0 Å². The molecule has 4 nitrogen and oxygen atoms in total. The Labute approximate surface area is 98.2 Å². The van der Waals surface area contributed by atoms with Gasteiger partial charge in [0.05, 0.1) is 12.1 Å². The molecule has 0 aromatic carbocycles. The summed E-state index contributed by atoms with van der Waals surface area (Å²) in [7, 11) is 1.74. The van der Waals surface area contributed by atoms with E-state index < -0.39 is 6.04 Å². The Hall–Kier alpha value is -0.900. The van der Waals surface area contributed by atoms with Gasteiger partial charge in [-0.25, -0.2) is 0 Å². The molecular formula is C12H23N2O2. The molecule has 1 amide bonds. The third-order valence-electron chi connectivity index (χ3n) is 2.90. The van der Waals surface area contributed by atoms with Crippen LogP contribution in [0.1, 0.15) is 34.1 Å². The molecule has 0 saturated heterocycles. The molecule has 16 heavy (non-hydrogen) atoms. The lowest BCUT2D eigenvalue weighted by molar-refractivity contribution is -0.124. The fourth-order valence-corrected chi connectivity index (χ4v) is 1.53. The number of nitrogens with one attached hydrogen (secondary N) is 2. The van der Waals surface area contributed by atoms with Crippen molar-refractivity contribution in [1.82, 2.24) is 10.6 Å². The van der Waals surface area contributed by atoms with Crippen LogP contribution in [-0.4, -0.2) is 31.3 Å². The number of hydrogen-bond donors (Lipinski definition) is 2. The molecule has 0 aromatic heterocycles. The number of likely N-dealkylation sites (N-methyl/N-ethyl adjacent to an activating group) is 1. The number of hydrogen-bond acceptors (Lipinski definition) is 3. The van der Waals surface area contributed by atoms with Crippen LogP contribution in [-0.2, 0) is 9.59 Å². The minimum absolute atomic E-state index is 0.117. The van der Waals surface area contributed by atoms with Gasteiger partial charge in [0.1, 0.15) is 0 Å². The lowest BCUT2D eigenvalue weighted by Crippen LogP contribution is -2.51. The van der Waals surface area contributed by atoms with Crippen molar-refractivity contribution in [3.8, 4) is 0 Å². The molecule has 0 heterocycles. The van der Waals surface area contributed by atoms with E-state index in [4.69, 9.17) is 0 Å². The van der Waals surface area contributed by atoms with Crippen molar-refractivity contribution < 1.29 is 9.59 Å². The van der Waals surface area contributed by atoms with Crippen LogP contribution in [0.4, 0.5) is 0 Å². The molecule has 0 aliphatic heterocycles. The first-order valence-electron chi connectivity index (χ1n) is 5.83. The van der Waals surface area contributed by atoms with Gasteiger partial charge in [0.25, 0.3) is 0 Å². The molecule has 0 bridgehead atoms. The summed E-state index contributed by atoms with van der Waals surface area (Å²) in [5.74, 6) is 0.173. The van der Waals surface area contributed by atoms with Crippen LogP contribution in [0, 0.1) is 11.8 Å². The van der Waals surface area contributed by atoms with Crippen molar-refractivity contribution in [1.29, 1.82) is 0 Å². The summed E-state index contributed by atoms with van der Waals surface area (Å²) in [4.78, 5) is 22.6. The van der Waals surface area contributed by atoms with Crippen molar-refractivity contribution >= 4 is 12.2 Å². The van der Waals surface area contributed by atoms with Gasteiger partial charge in [0, 0.05) is 0 Å². The van der Waals surface area contributed by atoms with Crippen molar-refractivity contribution in [2.75, 3.05) is 7.05 Å². The van der Waals surface area contributed by atoms with Gasteiger partial charge in [-0.05, 0) is 18.9 Å². The summed E-state index contributed by atoms with van der Waals surface area (Å²) < 4.78 is 0. The van der Waals surface area contributed by atoms with E-state index in [1.807, 2.05) is 34.0 Å². The van der Waals surface area contributed by atoms with E-state index in [-0.39, 0.29) is 23.8 Å². The maximum atomic E-state index is 11.9. The third-order valence-corrected chi connectivity index (χ3v) is 2.90. The standard InChI is InChI=1S/C12H23N2O2/c1-6-9(4)10(7-15)14-12(16)11(13-5)8(2)3/h8-11,13H,6H2,1-5H3,(H,14,16)/t9-,10+,11-/m0/s1. The number of amides is 1. The normalized spacial score (nSPS) is 16.6. The quantitative estimate of drug-likeness (QED) is 0.678. The summed E-state index contributed by atoms with van der Waals surface area (Å²) in [5, 5.41) is 5.67. The lowest BCUT2D eigenvalue weighted by Gasteiger charge is -2.24. The maximum Gasteiger partial charge on any atom is 0.237 e. The first-order valence-corrected chi connectivity index (χ1v) is 5.83. The summed E-state index contributed by atoms with van der Waals surface area (Å²) in [6, 6.07) is -0.771. The SMILES string of the molecule is CC[C@H](C)[C@@H]([C]=O)NC(=O)[C@@H](NC)C(C)C. The highest BCUT2D eigenvalue weighted by Gasteiger charge is 2.25. The predicted molar refractivity (Wildman–Crippen MR) is 64.8 cm³/mol. The topological polar surface area (TPSA) is 58.2 Å². The Morgan fingerprint density at radius 3 is 2.19 bits per heavy atom. The molecule has 0 aliphatic carbocycles. The van der Waals surface area contributed by atoms with E-state index in [1.54, 1.807) is 7.05 Å². The van der Waals surface area contributed by atoms with Crippen LogP contribution in [0.3, 0.4) is 0 Å². The average molecular weight is 227 g/mol. The molecule has 93 valence electrons. The van der Waals surface area contributed by atoms with E-state index in [9.17, 15) is 9.59 Å². The summed E-state index contributed by atoms with van der Waals surface area (Å²) in [5.41, 5.74) is 0. The zero-order valence-electron chi connectivity index (χ0n) is 10.8. The summed E-state index contributed by atoms with van der Waals surface area (Å²) in [6.07, 6.45) is 2.73. The van der Waals surface area contributed by atoms with Crippen molar-refractivity contribution in [2.45, 2.75) is 46.2 Å². The maximum absolute atomic E-state index is 11.9. The van der Waals surface area contributed by atoms with Gasteiger partial charge < -0.3 is 10.6 Å². The summed E-state index contributed by atoms with van der Waals surface area (Å²) >= 11 is 0. The smallest absolute Gasteiger partial charge is 0.237 e. The second-order valence-corrected chi connectivity index (χ2v) is 4.50. The Kier molecular flexibility index (Phi) is 6.97. The highest BCUT2D eigenvalue weighted by Crippen LogP contribution is 2.07. The molecule has 0 saturated carbocycles. The van der Waals surface area contributed by atoms with Gasteiger partial charge in [-0.3, -0.25) is 9.59 Å². The minimum atomic E-state index is -0.507. The Morgan fingerprint density at radius 1 is 1.31 bits per heavy atom. The Morgan fingerprint density at radius 2 is 1.88 bits per heavy atom. The molecular weight excluding hydrogens is 204 g/mol. The molecule has 0 unspecified atom stereocenters. The van der Waals surface area contributed by atoms with Crippen LogP contribution >= 0.6 is 0 Å². The van der Waals surface area contributed by atoms with Crippen molar-refractivity contribution in [3.05, 3.63) is 0 Å². The van der Waals surface area contributed by atoms with E-state index in [2.05, 4.69) is 10.6 Å². The first kappa shape index (κ1) is 15.1. The molecule has 0 spiro atoms. The second-order valence-electron chi connectivity index (χ2n) is 4.50. The van der Waals surface area contributed by atoms with Gasteiger partial charge in [-0.1, -0.05) is 34.1 Å². The van der Waals surface area contributed by atoms with E-state index >= 15 is 0 Å². The van der Waals surface area contributed by atoms with Crippen molar-refractivity contribution in [2.24, 2.45) is 11.8 Å². The molecule has 0 rings (SSSR count). The number of carbonyl (C=O) groups excluding carboxylic acids is 2. The van der Waals surface area contributed by atoms with E-state index in [0.29, 0.717) is 0 Å². The highest BCUT2D eigenvalue weighted by molar-refractivity contribution is 5.84. The fourth-order valence-electron chi connectivity index (χ4n) is 1.53. The van der Waals surface area contributed by atoms with Gasteiger partial charge in [-0.15, -0.1) is 0 Å². The highest BCUT2D eigenvalue weighted by atomic mass is 16.2. The fraction of sp³-hybridized carbons (Fsp3) is 0.833. The average Bonchev–Trinajstić information content (AvgIpc) is 2.25. The third kappa shape index (κ3) is 4.31.